The highest BCUT2D eigenvalue weighted by molar-refractivity contribution is 9.10. The minimum Gasteiger partial charge on any atom is -0.451 e. The van der Waals surface area contributed by atoms with Crippen LogP contribution < -0.4 is 5.32 Å². The number of hydrogen-bond donors (Lipinski definition) is 1. The maximum absolute atomic E-state index is 12.5. The molecule has 3 rings (SSSR count). The van der Waals surface area contributed by atoms with Gasteiger partial charge in [0.2, 0.25) is 0 Å². The maximum Gasteiger partial charge on any atom is 0.289 e. The van der Waals surface area contributed by atoms with Crippen LogP contribution in [0, 0.1) is 0 Å². The lowest BCUT2D eigenvalue weighted by Crippen LogP contribution is -2.46. The molecule has 0 saturated carbocycles. The third kappa shape index (κ3) is 2.60. The number of likely N-dealkylation sites (tertiary alicyclic amines) is 1. The van der Waals surface area contributed by atoms with Gasteiger partial charge in [0, 0.05) is 29.0 Å². The number of carbonyl (C=O) groups excluding carboxylic acids is 1. The molecule has 1 aliphatic rings. The molecular formula is C15H17BrN2O2. The summed E-state index contributed by atoms with van der Waals surface area (Å²) in [6.45, 7) is 1.55. The molecule has 1 saturated heterocycles. The highest BCUT2D eigenvalue weighted by atomic mass is 79.9. The van der Waals surface area contributed by atoms with Crippen LogP contribution in [-0.2, 0) is 0 Å². The SMILES string of the molecule is CNC1CCCN(C(=O)c2cc3cc(Br)ccc3o2)C1. The molecule has 2 aromatic rings. The molecule has 2 heterocycles. The summed E-state index contributed by atoms with van der Waals surface area (Å²) in [5.74, 6) is 0.409. The predicted molar refractivity (Wildman–Crippen MR) is 81.9 cm³/mol. The van der Waals surface area contributed by atoms with Crippen molar-refractivity contribution in [3.8, 4) is 0 Å². The summed E-state index contributed by atoms with van der Waals surface area (Å²) in [7, 11) is 1.94. The third-order valence-electron chi connectivity index (χ3n) is 3.81. The number of fused-ring (bicyclic) bond motifs is 1. The first-order valence-electron chi connectivity index (χ1n) is 6.83. The minimum absolute atomic E-state index is 0.0164. The third-order valence-corrected chi connectivity index (χ3v) is 4.30. The maximum atomic E-state index is 12.5. The first-order chi connectivity index (χ1) is 9.67. The van der Waals surface area contributed by atoms with Crippen LogP contribution in [0.15, 0.2) is 33.2 Å². The molecule has 1 amide bonds. The number of carbonyl (C=O) groups is 1. The van der Waals surface area contributed by atoms with Gasteiger partial charge in [-0.25, -0.2) is 0 Å². The zero-order valence-corrected chi connectivity index (χ0v) is 12.9. The summed E-state index contributed by atoms with van der Waals surface area (Å²) in [6.07, 6.45) is 2.15. The molecule has 1 aliphatic heterocycles. The molecule has 0 spiro atoms. The van der Waals surface area contributed by atoms with Gasteiger partial charge in [0.15, 0.2) is 5.76 Å². The van der Waals surface area contributed by atoms with E-state index in [1.54, 1.807) is 0 Å². The van der Waals surface area contributed by atoms with E-state index in [9.17, 15) is 4.79 Å². The molecule has 0 radical (unpaired) electrons. The van der Waals surface area contributed by atoms with Crippen LogP contribution in [0.5, 0.6) is 0 Å². The summed E-state index contributed by atoms with van der Waals surface area (Å²) in [4.78, 5) is 14.4. The number of furan rings is 1. The van der Waals surface area contributed by atoms with Crippen molar-refractivity contribution in [3.63, 3.8) is 0 Å². The Hall–Kier alpha value is -1.33. The van der Waals surface area contributed by atoms with Crippen molar-refractivity contribution < 1.29 is 9.21 Å². The second-order valence-electron chi connectivity index (χ2n) is 5.17. The van der Waals surface area contributed by atoms with Gasteiger partial charge in [0.25, 0.3) is 5.91 Å². The fourth-order valence-corrected chi connectivity index (χ4v) is 3.05. The Morgan fingerprint density at radius 2 is 2.30 bits per heavy atom. The normalized spacial score (nSPS) is 19.5. The Morgan fingerprint density at radius 3 is 3.10 bits per heavy atom. The van der Waals surface area contributed by atoms with Gasteiger partial charge in [-0.15, -0.1) is 0 Å². The van der Waals surface area contributed by atoms with Gasteiger partial charge < -0.3 is 14.6 Å². The van der Waals surface area contributed by atoms with Gasteiger partial charge in [0.1, 0.15) is 5.58 Å². The van der Waals surface area contributed by atoms with Crippen molar-refractivity contribution >= 4 is 32.8 Å². The Kier molecular flexibility index (Phi) is 3.81. The van der Waals surface area contributed by atoms with Crippen molar-refractivity contribution in [2.45, 2.75) is 18.9 Å². The number of nitrogens with one attached hydrogen (secondary N) is 1. The van der Waals surface area contributed by atoms with E-state index in [0.29, 0.717) is 11.8 Å². The van der Waals surface area contributed by atoms with Crippen LogP contribution in [0.2, 0.25) is 0 Å². The van der Waals surface area contributed by atoms with Gasteiger partial charge in [0.05, 0.1) is 0 Å². The average molecular weight is 337 g/mol. The highest BCUT2D eigenvalue weighted by Crippen LogP contribution is 2.24. The Bertz CT molecular complexity index is 638. The van der Waals surface area contributed by atoms with Crippen LogP contribution in [0.25, 0.3) is 11.0 Å². The minimum atomic E-state index is -0.0164. The molecule has 1 aromatic heterocycles. The second kappa shape index (κ2) is 5.58. The zero-order valence-electron chi connectivity index (χ0n) is 11.4. The summed E-state index contributed by atoms with van der Waals surface area (Å²) in [5, 5.41) is 4.19. The van der Waals surface area contributed by atoms with Gasteiger partial charge >= 0.3 is 0 Å². The van der Waals surface area contributed by atoms with Gasteiger partial charge in [-0.05, 0) is 44.2 Å². The van der Waals surface area contributed by atoms with E-state index in [-0.39, 0.29) is 5.91 Å². The monoisotopic (exact) mass is 336 g/mol. The Balaban J connectivity index is 1.84. The average Bonchev–Trinajstić information content (AvgIpc) is 2.89. The molecule has 106 valence electrons. The Morgan fingerprint density at radius 1 is 1.45 bits per heavy atom. The van der Waals surface area contributed by atoms with Crippen molar-refractivity contribution in [1.29, 1.82) is 0 Å². The lowest BCUT2D eigenvalue weighted by atomic mass is 10.1. The lowest BCUT2D eigenvalue weighted by Gasteiger charge is -2.31. The number of rotatable bonds is 2. The van der Waals surface area contributed by atoms with Crippen LogP contribution in [0.3, 0.4) is 0 Å². The summed E-state index contributed by atoms with van der Waals surface area (Å²) in [5.41, 5.74) is 0.749. The summed E-state index contributed by atoms with van der Waals surface area (Å²) < 4.78 is 6.66. The molecule has 5 heteroatoms. The largest absolute Gasteiger partial charge is 0.451 e. The fraction of sp³-hybridized carbons (Fsp3) is 0.400. The number of piperidine rings is 1. The molecular weight excluding hydrogens is 320 g/mol. The lowest BCUT2D eigenvalue weighted by molar-refractivity contribution is 0.0668. The fourth-order valence-electron chi connectivity index (χ4n) is 2.67. The van der Waals surface area contributed by atoms with Crippen LogP contribution in [0.4, 0.5) is 0 Å². The number of nitrogens with zero attached hydrogens (tertiary/aromatic N) is 1. The number of benzene rings is 1. The molecule has 1 fully saturated rings. The van der Waals surface area contributed by atoms with Crippen molar-refractivity contribution in [1.82, 2.24) is 10.2 Å². The van der Waals surface area contributed by atoms with Gasteiger partial charge in [-0.3, -0.25) is 4.79 Å². The number of halogens is 1. The number of hydrogen-bond acceptors (Lipinski definition) is 3. The molecule has 4 nitrogen and oxygen atoms in total. The predicted octanol–water partition coefficient (Wildman–Crippen LogP) is 3.02. The van der Waals surface area contributed by atoms with Crippen molar-refractivity contribution in [3.05, 3.63) is 34.5 Å². The van der Waals surface area contributed by atoms with Crippen LogP contribution in [-0.4, -0.2) is 37.0 Å². The van der Waals surface area contributed by atoms with Crippen molar-refractivity contribution in [2.75, 3.05) is 20.1 Å². The first-order valence-corrected chi connectivity index (χ1v) is 7.62. The van der Waals surface area contributed by atoms with E-state index in [1.165, 1.54) is 0 Å². The van der Waals surface area contributed by atoms with E-state index in [0.717, 1.165) is 41.4 Å². The topological polar surface area (TPSA) is 45.5 Å². The van der Waals surface area contributed by atoms with Gasteiger partial charge in [-0.2, -0.15) is 0 Å². The first kappa shape index (κ1) is 13.6. The van der Waals surface area contributed by atoms with E-state index in [2.05, 4.69) is 21.2 Å². The molecule has 1 aromatic carbocycles. The molecule has 20 heavy (non-hydrogen) atoms. The van der Waals surface area contributed by atoms with E-state index < -0.39 is 0 Å². The quantitative estimate of drug-likeness (QED) is 0.916. The molecule has 0 aliphatic carbocycles. The number of likely N-dealkylation sites (N-methyl/N-ethyl adjacent to an activating group) is 1. The van der Waals surface area contributed by atoms with E-state index >= 15 is 0 Å². The molecule has 1 N–H and O–H groups in total. The molecule has 0 bridgehead atoms. The summed E-state index contributed by atoms with van der Waals surface area (Å²) in [6, 6.07) is 7.96. The van der Waals surface area contributed by atoms with Crippen molar-refractivity contribution in [2.24, 2.45) is 0 Å². The number of amides is 1. The van der Waals surface area contributed by atoms with Crippen LogP contribution >= 0.6 is 15.9 Å². The van der Waals surface area contributed by atoms with E-state index in [4.69, 9.17) is 4.42 Å². The second-order valence-corrected chi connectivity index (χ2v) is 6.09. The molecule has 1 unspecified atom stereocenters. The van der Waals surface area contributed by atoms with E-state index in [1.807, 2.05) is 36.2 Å². The van der Waals surface area contributed by atoms with Gasteiger partial charge in [-0.1, -0.05) is 15.9 Å². The standard InChI is InChI=1S/C15H17BrN2O2/c1-17-12-3-2-6-18(9-12)15(19)14-8-10-7-11(16)4-5-13(10)20-14/h4-5,7-8,12,17H,2-3,6,9H2,1H3. The smallest absolute Gasteiger partial charge is 0.289 e. The highest BCUT2D eigenvalue weighted by Gasteiger charge is 2.25. The van der Waals surface area contributed by atoms with Crippen LogP contribution in [0.1, 0.15) is 23.4 Å². The Labute approximate surface area is 126 Å². The zero-order chi connectivity index (χ0) is 14.1. The summed E-state index contributed by atoms with van der Waals surface area (Å²) >= 11 is 3.43. The molecule has 1 atom stereocenters.